The second-order valence-electron chi connectivity index (χ2n) is 3.64. The minimum Gasteiger partial charge on any atom is -0.384 e. The van der Waals surface area contributed by atoms with Crippen LogP contribution in [0.2, 0.25) is 0 Å². The quantitative estimate of drug-likeness (QED) is 0.480. The molecule has 1 aromatic rings. The van der Waals surface area contributed by atoms with Gasteiger partial charge in [0.2, 0.25) is 0 Å². The maximum absolute atomic E-state index is 7.69. The van der Waals surface area contributed by atoms with Crippen LogP contribution in [0.4, 0.5) is 0 Å². The summed E-state index contributed by atoms with van der Waals surface area (Å²) in [4.78, 5) is 2.22. The Morgan fingerprint density at radius 2 is 2.00 bits per heavy atom. The molecular formula is C12H18N2S2. The van der Waals surface area contributed by atoms with Crippen molar-refractivity contribution in [1.82, 2.24) is 0 Å². The van der Waals surface area contributed by atoms with Crippen LogP contribution < -0.4 is 5.73 Å². The van der Waals surface area contributed by atoms with Gasteiger partial charge in [0.05, 0.1) is 0 Å². The predicted molar refractivity (Wildman–Crippen MR) is 74.8 cm³/mol. The summed E-state index contributed by atoms with van der Waals surface area (Å²) >= 11 is 3.50. The maximum atomic E-state index is 7.69. The SMILES string of the molecule is CCSc1cccc(SC(C)C)c1C(=N)N. The van der Waals surface area contributed by atoms with Crippen molar-refractivity contribution in [2.45, 2.75) is 35.8 Å². The van der Waals surface area contributed by atoms with Crippen LogP contribution in [-0.2, 0) is 0 Å². The molecule has 0 aliphatic carbocycles. The summed E-state index contributed by atoms with van der Waals surface area (Å²) in [6.07, 6.45) is 0. The van der Waals surface area contributed by atoms with Gasteiger partial charge in [0, 0.05) is 20.6 Å². The number of nitrogen functional groups attached to an aromatic ring is 1. The summed E-state index contributed by atoms with van der Waals surface area (Å²) in [5.41, 5.74) is 6.57. The summed E-state index contributed by atoms with van der Waals surface area (Å²) in [5, 5.41) is 8.19. The molecule has 0 bridgehead atoms. The first kappa shape index (κ1) is 13.5. The van der Waals surface area contributed by atoms with Crippen molar-refractivity contribution in [1.29, 1.82) is 5.41 Å². The molecule has 0 aliphatic heterocycles. The molecule has 1 aromatic carbocycles. The molecule has 0 aromatic heterocycles. The molecule has 16 heavy (non-hydrogen) atoms. The number of rotatable bonds is 5. The molecule has 0 amide bonds. The molecule has 0 unspecified atom stereocenters. The Hall–Kier alpha value is -0.610. The summed E-state index contributed by atoms with van der Waals surface area (Å²) in [5.74, 6) is 1.16. The Balaban J connectivity index is 3.16. The molecule has 0 heterocycles. The first-order valence-corrected chi connectivity index (χ1v) is 7.19. The zero-order valence-corrected chi connectivity index (χ0v) is 11.5. The molecule has 0 radical (unpaired) electrons. The van der Waals surface area contributed by atoms with Crippen LogP contribution in [-0.4, -0.2) is 16.8 Å². The Morgan fingerprint density at radius 3 is 2.50 bits per heavy atom. The first-order valence-electron chi connectivity index (χ1n) is 5.33. The number of hydrogen-bond donors (Lipinski definition) is 2. The van der Waals surface area contributed by atoms with Crippen LogP contribution in [0.3, 0.4) is 0 Å². The molecule has 88 valence electrons. The van der Waals surface area contributed by atoms with Crippen LogP contribution >= 0.6 is 23.5 Å². The Morgan fingerprint density at radius 1 is 1.38 bits per heavy atom. The summed E-state index contributed by atoms with van der Waals surface area (Å²) in [7, 11) is 0. The van der Waals surface area contributed by atoms with Gasteiger partial charge >= 0.3 is 0 Å². The van der Waals surface area contributed by atoms with E-state index in [0.717, 1.165) is 21.1 Å². The van der Waals surface area contributed by atoms with Crippen molar-refractivity contribution in [3.05, 3.63) is 23.8 Å². The van der Waals surface area contributed by atoms with E-state index in [9.17, 15) is 0 Å². The van der Waals surface area contributed by atoms with Crippen molar-refractivity contribution >= 4 is 29.4 Å². The average molecular weight is 254 g/mol. The van der Waals surface area contributed by atoms with Crippen LogP contribution in [0, 0.1) is 5.41 Å². The molecule has 0 saturated heterocycles. The van der Waals surface area contributed by atoms with E-state index in [1.165, 1.54) is 0 Å². The third kappa shape index (κ3) is 3.46. The highest BCUT2D eigenvalue weighted by molar-refractivity contribution is 8.00. The first-order chi connectivity index (χ1) is 7.56. The highest BCUT2D eigenvalue weighted by atomic mass is 32.2. The molecule has 3 N–H and O–H groups in total. The molecule has 0 aliphatic rings. The molecule has 2 nitrogen and oxygen atoms in total. The fraction of sp³-hybridized carbons (Fsp3) is 0.417. The second-order valence-corrected chi connectivity index (χ2v) is 6.57. The monoisotopic (exact) mass is 254 g/mol. The number of nitrogens with two attached hydrogens (primary N) is 1. The van der Waals surface area contributed by atoms with Crippen molar-refractivity contribution < 1.29 is 0 Å². The van der Waals surface area contributed by atoms with Gasteiger partial charge in [-0.1, -0.05) is 26.8 Å². The van der Waals surface area contributed by atoms with Crippen LogP contribution in [0.5, 0.6) is 0 Å². The van der Waals surface area contributed by atoms with Gasteiger partial charge in [-0.3, -0.25) is 5.41 Å². The van der Waals surface area contributed by atoms with Crippen molar-refractivity contribution in [3.8, 4) is 0 Å². The zero-order chi connectivity index (χ0) is 12.1. The van der Waals surface area contributed by atoms with Crippen molar-refractivity contribution in [2.24, 2.45) is 5.73 Å². The third-order valence-electron chi connectivity index (χ3n) is 1.92. The van der Waals surface area contributed by atoms with Gasteiger partial charge in [-0.2, -0.15) is 0 Å². The second kappa shape index (κ2) is 6.21. The van der Waals surface area contributed by atoms with Gasteiger partial charge in [-0.15, -0.1) is 23.5 Å². The maximum Gasteiger partial charge on any atom is 0.125 e. The lowest BCUT2D eigenvalue weighted by atomic mass is 10.2. The van der Waals surface area contributed by atoms with Crippen LogP contribution in [0.15, 0.2) is 28.0 Å². The summed E-state index contributed by atoms with van der Waals surface area (Å²) in [6, 6.07) is 6.12. The predicted octanol–water partition coefficient (Wildman–Crippen LogP) is 3.58. The summed E-state index contributed by atoms with van der Waals surface area (Å²) < 4.78 is 0. The van der Waals surface area contributed by atoms with E-state index < -0.39 is 0 Å². The van der Waals surface area contributed by atoms with Gasteiger partial charge in [-0.05, 0) is 17.9 Å². The Labute approximate surface area is 106 Å². The summed E-state index contributed by atoms with van der Waals surface area (Å²) in [6.45, 7) is 6.40. The van der Waals surface area contributed by atoms with Gasteiger partial charge in [0.1, 0.15) is 5.84 Å². The topological polar surface area (TPSA) is 49.9 Å². The lowest BCUT2D eigenvalue weighted by Gasteiger charge is -2.13. The van der Waals surface area contributed by atoms with E-state index in [-0.39, 0.29) is 5.84 Å². The number of benzene rings is 1. The number of hydrogen-bond acceptors (Lipinski definition) is 3. The number of amidine groups is 1. The van der Waals surface area contributed by atoms with Crippen LogP contribution in [0.25, 0.3) is 0 Å². The van der Waals surface area contributed by atoms with E-state index >= 15 is 0 Å². The average Bonchev–Trinajstić information content (AvgIpc) is 2.16. The molecule has 0 fully saturated rings. The highest BCUT2D eigenvalue weighted by Crippen LogP contribution is 2.32. The molecule has 1 rings (SSSR count). The fourth-order valence-electron chi connectivity index (χ4n) is 1.40. The lowest BCUT2D eigenvalue weighted by Crippen LogP contribution is -2.14. The van der Waals surface area contributed by atoms with E-state index in [1.807, 2.05) is 18.2 Å². The number of thioether (sulfide) groups is 2. The van der Waals surface area contributed by atoms with Crippen molar-refractivity contribution in [3.63, 3.8) is 0 Å². The van der Waals surface area contributed by atoms with E-state index in [2.05, 4.69) is 20.8 Å². The van der Waals surface area contributed by atoms with Gasteiger partial charge in [-0.25, -0.2) is 0 Å². The molecule has 0 saturated carbocycles. The molecular weight excluding hydrogens is 236 g/mol. The molecule has 0 spiro atoms. The minimum atomic E-state index is 0.166. The minimum absolute atomic E-state index is 0.166. The van der Waals surface area contributed by atoms with Crippen LogP contribution in [0.1, 0.15) is 26.3 Å². The normalized spacial score (nSPS) is 10.8. The lowest BCUT2D eigenvalue weighted by molar-refractivity contribution is 1.10. The fourth-order valence-corrected chi connectivity index (χ4v) is 3.32. The highest BCUT2D eigenvalue weighted by Gasteiger charge is 2.12. The smallest absolute Gasteiger partial charge is 0.125 e. The van der Waals surface area contributed by atoms with Gasteiger partial charge < -0.3 is 5.73 Å². The number of nitrogens with one attached hydrogen (secondary N) is 1. The standard InChI is InChI=1S/C12H18N2S2/c1-4-15-9-6-5-7-10(16-8(2)3)11(9)12(13)14/h5-8H,4H2,1-3H3,(H3,13,14). The third-order valence-corrected chi connectivity index (χ3v) is 3.93. The Kier molecular flexibility index (Phi) is 5.22. The molecule has 4 heteroatoms. The van der Waals surface area contributed by atoms with Crippen molar-refractivity contribution in [2.75, 3.05) is 5.75 Å². The van der Waals surface area contributed by atoms with E-state index in [4.69, 9.17) is 11.1 Å². The van der Waals surface area contributed by atoms with Gasteiger partial charge in [0.25, 0.3) is 0 Å². The van der Waals surface area contributed by atoms with E-state index in [0.29, 0.717) is 5.25 Å². The van der Waals surface area contributed by atoms with Gasteiger partial charge in [0.15, 0.2) is 0 Å². The Bertz CT molecular complexity index is 375. The molecule has 0 atom stereocenters. The zero-order valence-electron chi connectivity index (χ0n) is 9.91. The van der Waals surface area contributed by atoms with E-state index in [1.54, 1.807) is 23.5 Å². The largest absolute Gasteiger partial charge is 0.384 e.